The van der Waals surface area contributed by atoms with Crippen molar-refractivity contribution in [3.63, 3.8) is 0 Å². The van der Waals surface area contributed by atoms with Gasteiger partial charge < -0.3 is 10.1 Å². The Hall–Kier alpha value is -1.88. The van der Waals surface area contributed by atoms with Gasteiger partial charge in [-0.25, -0.2) is 0 Å². The molecule has 2 saturated heterocycles. The van der Waals surface area contributed by atoms with Gasteiger partial charge in [0.1, 0.15) is 5.75 Å². The summed E-state index contributed by atoms with van der Waals surface area (Å²) in [5.74, 6) is 1.39. The molecular formula is C18H22N2O3. The Morgan fingerprint density at radius 2 is 2.04 bits per heavy atom. The van der Waals surface area contributed by atoms with Gasteiger partial charge in [-0.15, -0.1) is 0 Å². The average molecular weight is 314 g/mol. The number of likely N-dealkylation sites (tertiary alicyclic amines) is 1. The quantitative estimate of drug-likeness (QED) is 0.857. The minimum Gasteiger partial charge on any atom is -0.493 e. The fourth-order valence-electron chi connectivity index (χ4n) is 3.98. The van der Waals surface area contributed by atoms with Crippen molar-refractivity contribution in [1.82, 2.24) is 10.2 Å². The maximum atomic E-state index is 12.8. The van der Waals surface area contributed by atoms with Crippen LogP contribution in [0.25, 0.3) is 0 Å². The van der Waals surface area contributed by atoms with Gasteiger partial charge >= 0.3 is 0 Å². The predicted molar refractivity (Wildman–Crippen MR) is 85.7 cm³/mol. The lowest BCUT2D eigenvalue weighted by Crippen LogP contribution is -2.46. The highest BCUT2D eigenvalue weighted by molar-refractivity contribution is 5.98. The van der Waals surface area contributed by atoms with Crippen LogP contribution < -0.4 is 10.1 Å². The number of carbonyl (C=O) groups excluding carboxylic acids is 2. The number of ketones is 1. The van der Waals surface area contributed by atoms with Gasteiger partial charge in [0.25, 0.3) is 0 Å². The third-order valence-corrected chi connectivity index (χ3v) is 5.33. The van der Waals surface area contributed by atoms with Crippen LogP contribution in [0.3, 0.4) is 0 Å². The SMILES string of the molecule is O=C(c1ccc2c(c1)CCO2)C1CCN(C2CCNC2=O)CC1. The Bertz CT molecular complexity index is 635. The largest absolute Gasteiger partial charge is 0.493 e. The fourth-order valence-corrected chi connectivity index (χ4v) is 3.98. The molecule has 1 amide bonds. The number of piperidine rings is 1. The summed E-state index contributed by atoms with van der Waals surface area (Å²) in [6.45, 7) is 3.17. The number of hydrogen-bond donors (Lipinski definition) is 1. The Balaban J connectivity index is 1.40. The van der Waals surface area contributed by atoms with Crippen LogP contribution in [0.15, 0.2) is 18.2 Å². The van der Waals surface area contributed by atoms with Crippen LogP contribution in [-0.2, 0) is 11.2 Å². The molecule has 1 unspecified atom stereocenters. The van der Waals surface area contributed by atoms with E-state index in [0.29, 0.717) is 0 Å². The number of amides is 1. The lowest BCUT2D eigenvalue weighted by atomic mass is 9.87. The van der Waals surface area contributed by atoms with Crippen molar-refractivity contribution < 1.29 is 14.3 Å². The highest BCUT2D eigenvalue weighted by atomic mass is 16.5. The zero-order chi connectivity index (χ0) is 15.8. The highest BCUT2D eigenvalue weighted by Gasteiger charge is 2.34. The van der Waals surface area contributed by atoms with Crippen LogP contribution in [0.5, 0.6) is 5.75 Å². The molecule has 0 spiro atoms. The molecule has 1 N–H and O–H groups in total. The monoisotopic (exact) mass is 314 g/mol. The Morgan fingerprint density at radius 3 is 2.78 bits per heavy atom. The van der Waals surface area contributed by atoms with Crippen molar-refractivity contribution in [1.29, 1.82) is 0 Å². The summed E-state index contributed by atoms with van der Waals surface area (Å²) >= 11 is 0. The third-order valence-electron chi connectivity index (χ3n) is 5.33. The number of ether oxygens (including phenoxy) is 1. The average Bonchev–Trinajstić information content (AvgIpc) is 3.22. The van der Waals surface area contributed by atoms with E-state index in [1.54, 1.807) is 0 Å². The van der Waals surface area contributed by atoms with Crippen LogP contribution >= 0.6 is 0 Å². The van der Waals surface area contributed by atoms with Gasteiger partial charge in [0.2, 0.25) is 5.91 Å². The second-order valence-corrected chi connectivity index (χ2v) is 6.69. The van der Waals surface area contributed by atoms with E-state index in [1.807, 2.05) is 18.2 Å². The van der Waals surface area contributed by atoms with Gasteiger partial charge in [-0.05, 0) is 56.1 Å². The Labute approximate surface area is 136 Å². The molecule has 23 heavy (non-hydrogen) atoms. The Morgan fingerprint density at radius 1 is 1.22 bits per heavy atom. The number of nitrogens with zero attached hydrogens (tertiary/aromatic N) is 1. The van der Waals surface area contributed by atoms with E-state index in [9.17, 15) is 9.59 Å². The standard InChI is InChI=1S/C18H22N2O3/c21-17(14-1-2-16-13(11-14)6-10-23-16)12-4-8-20(9-5-12)15-3-7-19-18(15)22/h1-2,11-12,15H,3-10H2,(H,19,22). The maximum absolute atomic E-state index is 12.8. The summed E-state index contributed by atoms with van der Waals surface area (Å²) in [6.07, 6.45) is 3.47. The molecule has 5 nitrogen and oxygen atoms in total. The molecule has 1 aromatic carbocycles. The van der Waals surface area contributed by atoms with Crippen LogP contribution in [-0.4, -0.2) is 48.9 Å². The topological polar surface area (TPSA) is 58.6 Å². The summed E-state index contributed by atoms with van der Waals surface area (Å²) in [5.41, 5.74) is 1.96. The molecule has 4 rings (SSSR count). The van der Waals surface area contributed by atoms with Crippen LogP contribution in [0, 0.1) is 5.92 Å². The first kappa shape index (κ1) is 14.7. The van der Waals surface area contributed by atoms with E-state index in [1.165, 1.54) is 0 Å². The second kappa shape index (κ2) is 5.96. The minimum atomic E-state index is 0.0168. The van der Waals surface area contributed by atoms with E-state index in [-0.39, 0.29) is 23.7 Å². The Kier molecular flexibility index (Phi) is 3.81. The van der Waals surface area contributed by atoms with E-state index in [0.717, 1.165) is 68.8 Å². The molecular weight excluding hydrogens is 292 g/mol. The summed E-state index contributed by atoms with van der Waals surface area (Å²) in [5, 5.41) is 2.89. The lowest BCUT2D eigenvalue weighted by Gasteiger charge is -2.34. The van der Waals surface area contributed by atoms with Crippen molar-refractivity contribution in [3.05, 3.63) is 29.3 Å². The van der Waals surface area contributed by atoms with Gasteiger partial charge in [-0.2, -0.15) is 0 Å². The van der Waals surface area contributed by atoms with E-state index < -0.39 is 0 Å². The van der Waals surface area contributed by atoms with Crippen molar-refractivity contribution in [2.45, 2.75) is 31.7 Å². The molecule has 3 aliphatic rings. The molecule has 0 radical (unpaired) electrons. The van der Waals surface area contributed by atoms with Crippen molar-refractivity contribution in [2.75, 3.05) is 26.2 Å². The minimum absolute atomic E-state index is 0.0168. The first-order valence-electron chi connectivity index (χ1n) is 8.54. The molecule has 1 atom stereocenters. The van der Waals surface area contributed by atoms with E-state index >= 15 is 0 Å². The molecule has 5 heteroatoms. The van der Waals surface area contributed by atoms with Gasteiger partial charge in [-0.3, -0.25) is 14.5 Å². The second-order valence-electron chi connectivity index (χ2n) is 6.69. The van der Waals surface area contributed by atoms with Crippen molar-refractivity contribution in [3.8, 4) is 5.75 Å². The number of benzene rings is 1. The van der Waals surface area contributed by atoms with Gasteiger partial charge in [0.05, 0.1) is 12.6 Å². The van der Waals surface area contributed by atoms with Crippen LogP contribution in [0.4, 0.5) is 0 Å². The number of nitrogens with one attached hydrogen (secondary N) is 1. The smallest absolute Gasteiger partial charge is 0.237 e. The number of carbonyl (C=O) groups is 2. The molecule has 0 aromatic heterocycles. The summed E-state index contributed by atoms with van der Waals surface area (Å²) < 4.78 is 5.50. The molecule has 0 bridgehead atoms. The maximum Gasteiger partial charge on any atom is 0.237 e. The van der Waals surface area contributed by atoms with E-state index in [4.69, 9.17) is 4.74 Å². The summed E-state index contributed by atoms with van der Waals surface area (Å²) in [7, 11) is 0. The van der Waals surface area contributed by atoms with Crippen LogP contribution in [0.2, 0.25) is 0 Å². The third kappa shape index (κ3) is 2.74. The summed E-state index contributed by atoms with van der Waals surface area (Å²) in [4.78, 5) is 26.8. The van der Waals surface area contributed by atoms with Gasteiger partial charge in [0.15, 0.2) is 5.78 Å². The summed E-state index contributed by atoms with van der Waals surface area (Å²) in [6, 6.07) is 5.83. The molecule has 3 heterocycles. The number of rotatable bonds is 3. The molecule has 3 aliphatic heterocycles. The molecule has 0 saturated carbocycles. The molecule has 1 aromatic rings. The lowest BCUT2D eigenvalue weighted by molar-refractivity contribution is -0.124. The molecule has 122 valence electrons. The van der Waals surface area contributed by atoms with E-state index in [2.05, 4.69) is 10.2 Å². The molecule has 2 fully saturated rings. The molecule has 0 aliphatic carbocycles. The zero-order valence-corrected chi connectivity index (χ0v) is 13.2. The number of Topliss-reactive ketones (excluding diaryl/α,β-unsaturated/α-hetero) is 1. The fraction of sp³-hybridized carbons (Fsp3) is 0.556. The van der Waals surface area contributed by atoms with Gasteiger partial charge in [0, 0.05) is 24.4 Å². The highest BCUT2D eigenvalue weighted by Crippen LogP contribution is 2.29. The first-order chi connectivity index (χ1) is 11.2. The normalized spacial score (nSPS) is 25.0. The zero-order valence-electron chi connectivity index (χ0n) is 13.2. The number of hydrogen-bond acceptors (Lipinski definition) is 4. The van der Waals surface area contributed by atoms with Crippen LogP contribution in [0.1, 0.15) is 35.2 Å². The first-order valence-corrected chi connectivity index (χ1v) is 8.54. The van der Waals surface area contributed by atoms with Crippen molar-refractivity contribution in [2.24, 2.45) is 5.92 Å². The van der Waals surface area contributed by atoms with Crippen molar-refractivity contribution >= 4 is 11.7 Å². The number of fused-ring (bicyclic) bond motifs is 1. The predicted octanol–water partition coefficient (Wildman–Crippen LogP) is 1.40. The van der Waals surface area contributed by atoms with Gasteiger partial charge in [-0.1, -0.05) is 0 Å².